The van der Waals surface area contributed by atoms with Crippen molar-refractivity contribution < 1.29 is 0 Å². The summed E-state index contributed by atoms with van der Waals surface area (Å²) in [6.45, 7) is 0.809. The molecule has 0 saturated carbocycles. The number of aromatic nitrogens is 1. The van der Waals surface area contributed by atoms with Crippen LogP contribution in [0.1, 0.15) is 35.7 Å². The highest BCUT2D eigenvalue weighted by Gasteiger charge is 2.19. The molecule has 0 aliphatic heterocycles. The van der Waals surface area contributed by atoms with Gasteiger partial charge < -0.3 is 5.32 Å². The maximum absolute atomic E-state index is 5.95. The van der Waals surface area contributed by atoms with Crippen LogP contribution in [0.4, 0.5) is 0 Å². The molecule has 1 aliphatic carbocycles. The number of rotatable bonds is 4. The molecule has 0 spiro atoms. The molecule has 3 aromatic rings. The molecule has 1 heterocycles. The number of fused-ring (bicyclic) bond motifs is 1. The van der Waals surface area contributed by atoms with Gasteiger partial charge in [-0.2, -0.15) is 0 Å². The van der Waals surface area contributed by atoms with Gasteiger partial charge in [-0.25, -0.2) is 4.98 Å². The minimum absolute atomic E-state index is 0.440. The third-order valence-corrected chi connectivity index (χ3v) is 5.73. The van der Waals surface area contributed by atoms with Gasteiger partial charge in [0.15, 0.2) is 0 Å². The zero-order valence-electron chi connectivity index (χ0n) is 13.3. The van der Waals surface area contributed by atoms with Crippen LogP contribution in [0, 0.1) is 0 Å². The Labute approximate surface area is 151 Å². The van der Waals surface area contributed by atoms with Crippen molar-refractivity contribution in [3.8, 4) is 10.6 Å². The van der Waals surface area contributed by atoms with E-state index in [-0.39, 0.29) is 0 Å². The molecule has 2 aromatic carbocycles. The predicted octanol–water partition coefficient (Wildman–Crippen LogP) is 5.63. The van der Waals surface area contributed by atoms with Gasteiger partial charge in [-0.15, -0.1) is 11.3 Å². The molecule has 1 aromatic heterocycles. The average molecular weight is 355 g/mol. The van der Waals surface area contributed by atoms with Crippen LogP contribution in [0.5, 0.6) is 0 Å². The lowest BCUT2D eigenvalue weighted by molar-refractivity contribution is 0.457. The lowest BCUT2D eigenvalue weighted by Crippen LogP contribution is -2.24. The van der Waals surface area contributed by atoms with Gasteiger partial charge in [-0.3, -0.25) is 0 Å². The van der Waals surface area contributed by atoms with E-state index >= 15 is 0 Å². The van der Waals surface area contributed by atoms with Crippen molar-refractivity contribution in [3.63, 3.8) is 0 Å². The Bertz CT molecular complexity index is 826. The zero-order chi connectivity index (χ0) is 16.4. The second-order valence-corrected chi connectivity index (χ2v) is 7.47. The molecule has 0 radical (unpaired) electrons. The number of hydrogen-bond donors (Lipinski definition) is 1. The second kappa shape index (κ2) is 7.06. The maximum atomic E-state index is 5.95. The van der Waals surface area contributed by atoms with E-state index in [1.807, 2.05) is 24.3 Å². The van der Waals surface area contributed by atoms with Gasteiger partial charge in [-0.05, 0) is 42.5 Å². The highest BCUT2D eigenvalue weighted by Crippen LogP contribution is 2.30. The normalized spacial score (nSPS) is 16.8. The topological polar surface area (TPSA) is 24.9 Å². The van der Waals surface area contributed by atoms with Crippen molar-refractivity contribution in [3.05, 3.63) is 75.8 Å². The molecule has 4 heteroatoms. The van der Waals surface area contributed by atoms with E-state index in [9.17, 15) is 0 Å². The number of halogens is 1. The highest BCUT2D eigenvalue weighted by molar-refractivity contribution is 7.13. The molecule has 0 saturated heterocycles. The minimum Gasteiger partial charge on any atom is -0.304 e. The van der Waals surface area contributed by atoms with Gasteiger partial charge in [0.1, 0.15) is 5.01 Å². The van der Waals surface area contributed by atoms with Crippen LogP contribution in [0.25, 0.3) is 10.6 Å². The van der Waals surface area contributed by atoms with E-state index in [4.69, 9.17) is 16.6 Å². The standard InChI is InChI=1S/C20H19ClN2S/c21-16-10-8-15(9-11-16)20-23-17(13-24-20)12-22-19-7-3-5-14-4-1-2-6-18(14)19/h1-2,4,6,8-11,13,19,22H,3,5,7,12H2/t19-/m1/s1. The Balaban J connectivity index is 1.45. The lowest BCUT2D eigenvalue weighted by atomic mass is 9.88. The lowest BCUT2D eigenvalue weighted by Gasteiger charge is -2.26. The average Bonchev–Trinajstić information content (AvgIpc) is 3.09. The van der Waals surface area contributed by atoms with Crippen molar-refractivity contribution in [2.24, 2.45) is 0 Å². The van der Waals surface area contributed by atoms with Crippen molar-refractivity contribution in [1.29, 1.82) is 0 Å². The molecule has 1 N–H and O–H groups in total. The summed E-state index contributed by atoms with van der Waals surface area (Å²) < 4.78 is 0. The minimum atomic E-state index is 0.440. The fraction of sp³-hybridized carbons (Fsp3) is 0.250. The molecule has 122 valence electrons. The Kier molecular flexibility index (Phi) is 4.65. The van der Waals surface area contributed by atoms with Gasteiger partial charge >= 0.3 is 0 Å². The summed E-state index contributed by atoms with van der Waals surface area (Å²) in [5.74, 6) is 0. The second-order valence-electron chi connectivity index (χ2n) is 6.18. The number of nitrogens with zero attached hydrogens (tertiary/aromatic N) is 1. The van der Waals surface area contributed by atoms with Crippen molar-refractivity contribution in [1.82, 2.24) is 10.3 Å². The van der Waals surface area contributed by atoms with Crippen molar-refractivity contribution in [2.45, 2.75) is 31.8 Å². The molecule has 0 amide bonds. The summed E-state index contributed by atoms with van der Waals surface area (Å²) in [5.41, 5.74) is 5.17. The Morgan fingerprint density at radius 1 is 1.12 bits per heavy atom. The third kappa shape index (κ3) is 3.39. The summed E-state index contributed by atoms with van der Waals surface area (Å²) in [4.78, 5) is 4.76. The van der Waals surface area contributed by atoms with Crippen LogP contribution in [-0.4, -0.2) is 4.98 Å². The van der Waals surface area contributed by atoms with Gasteiger partial charge in [-0.1, -0.05) is 48.0 Å². The van der Waals surface area contributed by atoms with Gasteiger partial charge in [0.05, 0.1) is 5.69 Å². The summed E-state index contributed by atoms with van der Waals surface area (Å²) >= 11 is 7.64. The first-order chi connectivity index (χ1) is 11.8. The van der Waals surface area contributed by atoms with E-state index in [1.54, 1.807) is 11.3 Å². The van der Waals surface area contributed by atoms with Crippen LogP contribution >= 0.6 is 22.9 Å². The predicted molar refractivity (Wildman–Crippen MR) is 102 cm³/mol. The van der Waals surface area contributed by atoms with Gasteiger partial charge in [0.2, 0.25) is 0 Å². The quantitative estimate of drug-likeness (QED) is 0.656. The number of benzene rings is 2. The molecular weight excluding hydrogens is 336 g/mol. The Morgan fingerprint density at radius 2 is 1.96 bits per heavy atom. The van der Waals surface area contributed by atoms with E-state index in [1.165, 1.54) is 30.4 Å². The first kappa shape index (κ1) is 15.8. The van der Waals surface area contributed by atoms with Gasteiger partial charge in [0, 0.05) is 28.6 Å². The van der Waals surface area contributed by atoms with E-state index < -0.39 is 0 Å². The summed E-state index contributed by atoms with van der Waals surface area (Å²) in [6.07, 6.45) is 3.65. The molecule has 0 fully saturated rings. The number of hydrogen-bond acceptors (Lipinski definition) is 3. The van der Waals surface area contributed by atoms with Crippen LogP contribution in [0.3, 0.4) is 0 Å². The third-order valence-electron chi connectivity index (χ3n) is 4.54. The van der Waals surface area contributed by atoms with Crippen molar-refractivity contribution in [2.75, 3.05) is 0 Å². The van der Waals surface area contributed by atoms with Crippen LogP contribution in [-0.2, 0) is 13.0 Å². The maximum Gasteiger partial charge on any atom is 0.123 e. The Morgan fingerprint density at radius 3 is 2.83 bits per heavy atom. The first-order valence-electron chi connectivity index (χ1n) is 8.31. The molecule has 24 heavy (non-hydrogen) atoms. The molecule has 1 atom stereocenters. The first-order valence-corrected chi connectivity index (χ1v) is 9.57. The molecule has 0 unspecified atom stereocenters. The van der Waals surface area contributed by atoms with Crippen LogP contribution in [0.2, 0.25) is 5.02 Å². The van der Waals surface area contributed by atoms with E-state index in [0.717, 1.165) is 27.8 Å². The van der Waals surface area contributed by atoms with Crippen molar-refractivity contribution >= 4 is 22.9 Å². The zero-order valence-corrected chi connectivity index (χ0v) is 14.9. The fourth-order valence-corrected chi connectivity index (χ4v) is 4.26. The molecule has 0 bridgehead atoms. The summed E-state index contributed by atoms with van der Waals surface area (Å²) in [7, 11) is 0. The molecule has 2 nitrogen and oxygen atoms in total. The SMILES string of the molecule is Clc1ccc(-c2nc(CN[C@@H]3CCCc4ccccc43)cs2)cc1. The Hall–Kier alpha value is -1.68. The highest BCUT2D eigenvalue weighted by atomic mass is 35.5. The largest absolute Gasteiger partial charge is 0.304 e. The smallest absolute Gasteiger partial charge is 0.123 e. The van der Waals surface area contributed by atoms with Gasteiger partial charge in [0.25, 0.3) is 0 Å². The fourth-order valence-electron chi connectivity index (χ4n) is 3.31. The molecular formula is C20H19ClN2S. The van der Waals surface area contributed by atoms with Crippen LogP contribution in [0.15, 0.2) is 53.9 Å². The van der Waals surface area contributed by atoms with E-state index in [2.05, 4.69) is 35.0 Å². The number of thiazole rings is 1. The number of nitrogens with one attached hydrogen (secondary N) is 1. The summed E-state index contributed by atoms with van der Waals surface area (Å²) in [5, 5.41) is 7.64. The van der Waals surface area contributed by atoms with Crippen LogP contribution < -0.4 is 5.32 Å². The molecule has 4 rings (SSSR count). The molecule has 1 aliphatic rings. The van der Waals surface area contributed by atoms with E-state index in [0.29, 0.717) is 6.04 Å². The summed E-state index contributed by atoms with van der Waals surface area (Å²) in [6, 6.07) is 17.1. The monoisotopic (exact) mass is 354 g/mol. The number of aryl methyl sites for hydroxylation is 1.